The first-order valence-electron chi connectivity index (χ1n) is 8.38. The summed E-state index contributed by atoms with van der Waals surface area (Å²) in [7, 11) is 0. The van der Waals surface area contributed by atoms with Crippen LogP contribution in [0.15, 0.2) is 24.7 Å². The highest BCUT2D eigenvalue weighted by Gasteiger charge is 2.36. The number of aliphatic hydroxyl groups is 2. The molecular weight excluding hydrogens is 433 g/mol. The molecule has 8 nitrogen and oxygen atoms in total. The number of thioether (sulfide) groups is 1. The van der Waals surface area contributed by atoms with E-state index in [4.69, 9.17) is 11.6 Å². The van der Waals surface area contributed by atoms with Crippen LogP contribution in [0.3, 0.4) is 0 Å². The van der Waals surface area contributed by atoms with Crippen LogP contribution >= 0.6 is 23.4 Å². The Bertz CT molecular complexity index is 1030. The van der Waals surface area contributed by atoms with Gasteiger partial charge in [0.15, 0.2) is 17.0 Å². The predicted molar refractivity (Wildman–Crippen MR) is 100 cm³/mol. The Morgan fingerprint density at radius 3 is 2.66 bits per heavy atom. The third-order valence-corrected chi connectivity index (χ3v) is 5.92. The standard InChI is InChI=1S/C16H14ClF3N6O2S/c17-15-24-12(22-4-7-1-2-9(21-3-7)16(18,19)20)10-13(25-15)26(6-23-10)14-11(28)8(27)5-29-14/h1-3,6,8,11,14,27-28H,4-5H2,(H,22,24,25)/t8-,11-,14-/m1/s1. The third kappa shape index (κ3) is 3.97. The molecule has 1 aliphatic rings. The van der Waals surface area contributed by atoms with Crippen LogP contribution in [0.25, 0.3) is 11.2 Å². The fourth-order valence-corrected chi connectivity index (χ4v) is 4.36. The average molecular weight is 447 g/mol. The van der Waals surface area contributed by atoms with E-state index in [0.29, 0.717) is 22.5 Å². The first kappa shape index (κ1) is 20.1. The van der Waals surface area contributed by atoms with Crippen LogP contribution in [0, 0.1) is 0 Å². The first-order valence-corrected chi connectivity index (χ1v) is 9.80. The van der Waals surface area contributed by atoms with Crippen molar-refractivity contribution in [3.05, 3.63) is 41.2 Å². The zero-order valence-electron chi connectivity index (χ0n) is 14.5. The second-order valence-electron chi connectivity index (χ2n) is 6.35. The number of aromatic nitrogens is 5. The van der Waals surface area contributed by atoms with Crippen molar-refractivity contribution in [2.45, 2.75) is 30.3 Å². The van der Waals surface area contributed by atoms with Gasteiger partial charge in [-0.3, -0.25) is 9.55 Å². The third-order valence-electron chi connectivity index (χ3n) is 4.37. The quantitative estimate of drug-likeness (QED) is 0.524. The van der Waals surface area contributed by atoms with Crippen LogP contribution in [0.1, 0.15) is 16.6 Å². The monoisotopic (exact) mass is 446 g/mol. The number of hydrogen-bond donors (Lipinski definition) is 3. The van der Waals surface area contributed by atoms with E-state index in [1.807, 2.05) is 0 Å². The van der Waals surface area contributed by atoms with E-state index in [0.717, 1.165) is 12.3 Å². The van der Waals surface area contributed by atoms with E-state index < -0.39 is 29.5 Å². The van der Waals surface area contributed by atoms with Crippen LogP contribution in [-0.2, 0) is 12.7 Å². The summed E-state index contributed by atoms with van der Waals surface area (Å²) in [6, 6.07) is 2.21. The van der Waals surface area contributed by atoms with Gasteiger partial charge in [0.05, 0.1) is 12.4 Å². The van der Waals surface area contributed by atoms with E-state index in [9.17, 15) is 23.4 Å². The molecule has 3 aromatic heterocycles. The fraction of sp³-hybridized carbons (Fsp3) is 0.375. The van der Waals surface area contributed by atoms with Crippen molar-refractivity contribution >= 4 is 40.3 Å². The number of hydrogen-bond acceptors (Lipinski definition) is 8. The Balaban J connectivity index is 1.58. The number of alkyl halides is 3. The highest BCUT2D eigenvalue weighted by atomic mass is 35.5. The average Bonchev–Trinajstić information content (AvgIpc) is 3.23. The Kier molecular flexibility index (Phi) is 5.27. The van der Waals surface area contributed by atoms with Crippen LogP contribution in [-0.4, -0.2) is 52.7 Å². The lowest BCUT2D eigenvalue weighted by Crippen LogP contribution is -2.27. The largest absolute Gasteiger partial charge is 0.433 e. The molecule has 13 heteroatoms. The summed E-state index contributed by atoms with van der Waals surface area (Å²) in [5.74, 6) is 0.660. The molecular formula is C16H14ClF3N6O2S. The van der Waals surface area contributed by atoms with Gasteiger partial charge in [0.25, 0.3) is 0 Å². The molecule has 3 N–H and O–H groups in total. The maximum Gasteiger partial charge on any atom is 0.433 e. The summed E-state index contributed by atoms with van der Waals surface area (Å²) in [5, 5.41) is 22.4. The van der Waals surface area contributed by atoms with Crippen molar-refractivity contribution in [1.29, 1.82) is 0 Å². The number of imidazole rings is 1. The lowest BCUT2D eigenvalue weighted by atomic mass is 10.2. The van der Waals surface area contributed by atoms with Crippen LogP contribution < -0.4 is 5.32 Å². The molecule has 0 spiro atoms. The molecule has 3 atom stereocenters. The molecule has 0 radical (unpaired) electrons. The summed E-state index contributed by atoms with van der Waals surface area (Å²) in [5.41, 5.74) is 0.277. The van der Waals surface area contributed by atoms with Gasteiger partial charge in [-0.1, -0.05) is 6.07 Å². The molecule has 0 aromatic carbocycles. The van der Waals surface area contributed by atoms with Gasteiger partial charge in [-0.2, -0.15) is 23.1 Å². The van der Waals surface area contributed by atoms with Gasteiger partial charge in [-0.15, -0.1) is 11.8 Å². The minimum atomic E-state index is -4.50. The molecule has 29 heavy (non-hydrogen) atoms. The molecule has 4 rings (SSSR count). The highest BCUT2D eigenvalue weighted by molar-refractivity contribution is 7.99. The van der Waals surface area contributed by atoms with Crippen molar-refractivity contribution < 1.29 is 23.4 Å². The molecule has 0 bridgehead atoms. The Morgan fingerprint density at radius 1 is 1.24 bits per heavy atom. The fourth-order valence-electron chi connectivity index (χ4n) is 2.91. The molecule has 0 unspecified atom stereocenters. The van der Waals surface area contributed by atoms with Gasteiger partial charge in [0, 0.05) is 18.5 Å². The predicted octanol–water partition coefficient (Wildman–Crippen LogP) is 2.47. The normalized spacial score (nSPS) is 22.3. The van der Waals surface area contributed by atoms with Gasteiger partial charge in [-0.05, 0) is 23.2 Å². The van der Waals surface area contributed by atoms with Gasteiger partial charge < -0.3 is 15.5 Å². The number of rotatable bonds is 4. The van der Waals surface area contributed by atoms with Crippen LogP contribution in [0.5, 0.6) is 0 Å². The molecule has 1 saturated heterocycles. The van der Waals surface area contributed by atoms with E-state index in [2.05, 4.69) is 25.3 Å². The molecule has 4 heterocycles. The number of fused-ring (bicyclic) bond motifs is 1. The molecule has 1 fully saturated rings. The number of nitrogens with zero attached hydrogens (tertiary/aromatic N) is 5. The summed E-state index contributed by atoms with van der Waals surface area (Å²) in [6.07, 6.45) is -3.74. The number of aliphatic hydroxyl groups excluding tert-OH is 2. The van der Waals surface area contributed by atoms with Crippen molar-refractivity contribution in [2.75, 3.05) is 11.1 Å². The zero-order chi connectivity index (χ0) is 20.8. The van der Waals surface area contributed by atoms with E-state index in [1.165, 1.54) is 24.2 Å². The number of halogens is 4. The smallest absolute Gasteiger partial charge is 0.389 e. The summed E-state index contributed by atoms with van der Waals surface area (Å²) in [6.45, 7) is 0.139. The van der Waals surface area contributed by atoms with Crippen molar-refractivity contribution in [1.82, 2.24) is 24.5 Å². The molecule has 154 valence electrons. The first-order chi connectivity index (χ1) is 13.7. The second kappa shape index (κ2) is 7.59. The summed E-state index contributed by atoms with van der Waals surface area (Å²) < 4.78 is 39.5. The maximum atomic E-state index is 12.6. The summed E-state index contributed by atoms with van der Waals surface area (Å²) >= 11 is 7.37. The van der Waals surface area contributed by atoms with Gasteiger partial charge in [0.1, 0.15) is 17.2 Å². The van der Waals surface area contributed by atoms with Gasteiger partial charge in [-0.25, -0.2) is 4.98 Å². The summed E-state index contributed by atoms with van der Waals surface area (Å²) in [4.78, 5) is 15.9. The Hall–Kier alpha value is -2.15. The SMILES string of the molecule is O[C@@H]1[C@H](O)CS[C@H]1n1cnc2c(NCc3ccc(C(F)(F)F)nc3)nc(Cl)nc21. The van der Waals surface area contributed by atoms with E-state index >= 15 is 0 Å². The van der Waals surface area contributed by atoms with Gasteiger partial charge >= 0.3 is 6.18 Å². The highest BCUT2D eigenvalue weighted by Crippen LogP contribution is 2.38. The van der Waals surface area contributed by atoms with Crippen molar-refractivity contribution in [3.8, 4) is 0 Å². The number of pyridine rings is 1. The minimum Gasteiger partial charge on any atom is -0.389 e. The number of nitrogens with one attached hydrogen (secondary N) is 1. The lowest BCUT2D eigenvalue weighted by molar-refractivity contribution is -0.141. The second-order valence-corrected chi connectivity index (χ2v) is 7.84. The molecule has 0 saturated carbocycles. The van der Waals surface area contributed by atoms with Gasteiger partial charge in [0.2, 0.25) is 5.28 Å². The molecule has 1 aliphatic heterocycles. The van der Waals surface area contributed by atoms with E-state index in [1.54, 1.807) is 4.57 Å². The molecule has 0 aliphatic carbocycles. The Labute approximate surface area is 171 Å². The molecule has 3 aromatic rings. The Morgan fingerprint density at radius 2 is 2.03 bits per heavy atom. The van der Waals surface area contributed by atoms with Crippen molar-refractivity contribution in [3.63, 3.8) is 0 Å². The minimum absolute atomic E-state index is 0.0645. The maximum absolute atomic E-state index is 12.6. The van der Waals surface area contributed by atoms with Crippen LogP contribution in [0.2, 0.25) is 5.28 Å². The number of anilines is 1. The van der Waals surface area contributed by atoms with Crippen LogP contribution in [0.4, 0.5) is 19.0 Å². The van der Waals surface area contributed by atoms with Crippen molar-refractivity contribution in [2.24, 2.45) is 0 Å². The lowest BCUT2D eigenvalue weighted by Gasteiger charge is -2.17. The molecule has 0 amide bonds. The zero-order valence-corrected chi connectivity index (χ0v) is 16.1. The van der Waals surface area contributed by atoms with E-state index in [-0.39, 0.29) is 17.6 Å². The topological polar surface area (TPSA) is 109 Å².